The molecular formula is C30H45N4O4S+. The molecule has 214 valence electrons. The first-order valence-electron chi connectivity index (χ1n) is 13.7. The van der Waals surface area contributed by atoms with Crippen LogP contribution in [-0.2, 0) is 14.6 Å². The van der Waals surface area contributed by atoms with Crippen LogP contribution in [0.15, 0.2) is 53.3 Å². The molecule has 1 aliphatic rings. The van der Waals surface area contributed by atoms with Crippen LogP contribution in [0, 0.1) is 13.8 Å². The van der Waals surface area contributed by atoms with E-state index in [2.05, 4.69) is 29.5 Å². The fraction of sp³-hybridized carbons (Fsp3) is 0.467. The molecule has 2 amide bonds. The smallest absolute Gasteiger partial charge is 0.255 e. The molecule has 0 aliphatic heterocycles. The Hall–Kier alpha value is -3.17. The van der Waals surface area contributed by atoms with Gasteiger partial charge in [0.1, 0.15) is 0 Å². The Balaban J connectivity index is 2.23. The molecule has 1 aliphatic carbocycles. The Morgan fingerprint density at radius 2 is 1.82 bits per heavy atom. The number of sulfone groups is 1. The van der Waals surface area contributed by atoms with Gasteiger partial charge in [-0.15, -0.1) is 0 Å². The largest absolute Gasteiger partial charge is 0.358 e. The number of allylic oxidation sites excluding steroid dienone is 4. The number of carbonyl (C=O) groups is 2. The van der Waals surface area contributed by atoms with Gasteiger partial charge < -0.3 is 20.5 Å². The van der Waals surface area contributed by atoms with Gasteiger partial charge in [0, 0.05) is 17.0 Å². The van der Waals surface area contributed by atoms with Crippen LogP contribution >= 0.6 is 0 Å². The highest BCUT2D eigenvalue weighted by Crippen LogP contribution is 2.22. The van der Waals surface area contributed by atoms with Crippen molar-refractivity contribution in [1.29, 1.82) is 0 Å². The van der Waals surface area contributed by atoms with Crippen LogP contribution in [-0.4, -0.2) is 62.9 Å². The molecule has 8 nitrogen and oxygen atoms in total. The predicted molar refractivity (Wildman–Crippen MR) is 159 cm³/mol. The highest BCUT2D eigenvalue weighted by Gasteiger charge is 2.19. The molecule has 1 aromatic rings. The minimum absolute atomic E-state index is 0.00804. The third-order valence-corrected chi connectivity index (χ3v) is 8.42. The average molecular weight is 558 g/mol. The first kappa shape index (κ1) is 32.0. The van der Waals surface area contributed by atoms with Crippen LogP contribution in [0.4, 0.5) is 0 Å². The van der Waals surface area contributed by atoms with Crippen LogP contribution in [0.2, 0.25) is 0 Å². The maximum atomic E-state index is 12.9. The molecule has 0 saturated heterocycles. The van der Waals surface area contributed by atoms with Crippen LogP contribution in [0.25, 0.3) is 6.08 Å². The van der Waals surface area contributed by atoms with E-state index >= 15 is 0 Å². The van der Waals surface area contributed by atoms with Gasteiger partial charge in [-0.1, -0.05) is 41.5 Å². The predicted octanol–water partition coefficient (Wildman–Crippen LogP) is 2.96. The molecule has 0 aromatic carbocycles. The van der Waals surface area contributed by atoms with E-state index in [0.717, 1.165) is 43.6 Å². The van der Waals surface area contributed by atoms with E-state index in [1.807, 2.05) is 32.9 Å². The number of hydrogen-bond acceptors (Lipinski definition) is 4. The van der Waals surface area contributed by atoms with E-state index in [1.165, 1.54) is 28.8 Å². The Morgan fingerprint density at radius 1 is 1.10 bits per heavy atom. The number of hydrogen-bond donors (Lipinski definition) is 4. The van der Waals surface area contributed by atoms with E-state index in [1.54, 1.807) is 19.1 Å². The van der Waals surface area contributed by atoms with Crippen LogP contribution < -0.4 is 15.5 Å². The molecule has 1 heterocycles. The van der Waals surface area contributed by atoms with E-state index in [-0.39, 0.29) is 28.9 Å². The van der Waals surface area contributed by atoms with Gasteiger partial charge in [0.15, 0.2) is 9.84 Å². The SMILES string of the molecule is C/C=C/NC(=O)C(=C\c1[nH]c(C)c(C(=O)NCC[NH+](CC)CC)c1C)/C=C/CS(=O)(=O)CC1=CC=C(C)CC1. The van der Waals surface area contributed by atoms with E-state index in [0.29, 0.717) is 23.5 Å². The number of aromatic amines is 1. The number of amides is 2. The molecule has 9 heteroatoms. The lowest BCUT2D eigenvalue weighted by Crippen LogP contribution is -3.12. The monoisotopic (exact) mass is 557 g/mol. The summed E-state index contributed by atoms with van der Waals surface area (Å²) in [6.45, 7) is 15.2. The van der Waals surface area contributed by atoms with Gasteiger partial charge in [0.2, 0.25) is 0 Å². The highest BCUT2D eigenvalue weighted by molar-refractivity contribution is 7.91. The fourth-order valence-corrected chi connectivity index (χ4v) is 5.77. The molecule has 2 rings (SSSR count). The zero-order valence-corrected chi connectivity index (χ0v) is 25.1. The maximum Gasteiger partial charge on any atom is 0.255 e. The minimum atomic E-state index is -3.37. The van der Waals surface area contributed by atoms with Crippen molar-refractivity contribution in [2.24, 2.45) is 0 Å². The summed E-state index contributed by atoms with van der Waals surface area (Å²) in [6, 6.07) is 0. The first-order chi connectivity index (χ1) is 18.5. The fourth-order valence-electron chi connectivity index (χ4n) is 4.46. The Bertz CT molecular complexity index is 1280. The summed E-state index contributed by atoms with van der Waals surface area (Å²) in [4.78, 5) is 30.4. The minimum Gasteiger partial charge on any atom is -0.358 e. The quantitative estimate of drug-likeness (QED) is 0.208. The molecule has 1 aromatic heterocycles. The number of aryl methyl sites for hydroxylation is 1. The molecule has 0 fully saturated rings. The molecule has 0 atom stereocenters. The van der Waals surface area contributed by atoms with Crippen molar-refractivity contribution in [3.8, 4) is 0 Å². The van der Waals surface area contributed by atoms with Gasteiger partial charge in [0.05, 0.1) is 43.2 Å². The Labute approximate surface area is 233 Å². The molecule has 0 unspecified atom stereocenters. The molecule has 39 heavy (non-hydrogen) atoms. The van der Waals surface area contributed by atoms with Crippen molar-refractivity contribution >= 4 is 27.7 Å². The summed E-state index contributed by atoms with van der Waals surface area (Å²) in [5, 5.41) is 5.69. The first-order valence-corrected chi connectivity index (χ1v) is 15.5. The number of rotatable bonds is 14. The lowest BCUT2D eigenvalue weighted by molar-refractivity contribution is -0.895. The van der Waals surface area contributed by atoms with Crippen molar-refractivity contribution in [3.63, 3.8) is 0 Å². The van der Waals surface area contributed by atoms with Crippen molar-refractivity contribution in [2.45, 2.75) is 54.4 Å². The standard InChI is InChI=1S/C30H44N4O4S/c1-7-16-31-29(35)26(11-10-19-39(37,38)21-25-14-12-22(4)13-15-25)20-27-23(5)28(24(6)33-27)30(36)32-17-18-34(8-2)9-3/h7,10-12,14,16,20,33H,8-9,13,15,17-19,21H2,1-6H3,(H,31,35)(H,32,36)/p+1/b11-10+,16-7+,26-20-. The Kier molecular flexibility index (Phi) is 12.7. The molecule has 4 N–H and O–H groups in total. The summed E-state index contributed by atoms with van der Waals surface area (Å²) in [5.74, 6) is -0.700. The van der Waals surface area contributed by atoms with Crippen LogP contribution in [0.5, 0.6) is 0 Å². The summed E-state index contributed by atoms with van der Waals surface area (Å²) in [5.41, 5.74) is 5.04. The summed E-state index contributed by atoms with van der Waals surface area (Å²) < 4.78 is 25.4. The number of aromatic nitrogens is 1. The zero-order chi connectivity index (χ0) is 29.0. The topological polar surface area (TPSA) is 113 Å². The lowest BCUT2D eigenvalue weighted by Gasteiger charge is -2.15. The van der Waals surface area contributed by atoms with E-state index < -0.39 is 9.84 Å². The van der Waals surface area contributed by atoms with Gasteiger partial charge >= 0.3 is 0 Å². The summed E-state index contributed by atoms with van der Waals surface area (Å²) in [6.07, 6.45) is 13.4. The van der Waals surface area contributed by atoms with E-state index in [9.17, 15) is 18.0 Å². The van der Waals surface area contributed by atoms with Crippen molar-refractivity contribution < 1.29 is 22.9 Å². The van der Waals surface area contributed by atoms with Crippen molar-refractivity contribution in [3.05, 3.63) is 75.8 Å². The van der Waals surface area contributed by atoms with Crippen LogP contribution in [0.1, 0.15) is 67.8 Å². The number of likely N-dealkylation sites (N-methyl/N-ethyl adjacent to an activating group) is 1. The maximum absolute atomic E-state index is 12.9. The second-order valence-electron chi connectivity index (χ2n) is 9.99. The van der Waals surface area contributed by atoms with Gasteiger partial charge in [-0.05, 0) is 72.2 Å². The average Bonchev–Trinajstić information content (AvgIpc) is 3.17. The second kappa shape index (κ2) is 15.4. The summed E-state index contributed by atoms with van der Waals surface area (Å²) >= 11 is 0. The number of carbonyl (C=O) groups excluding carboxylic acids is 2. The van der Waals surface area contributed by atoms with Crippen LogP contribution in [0.3, 0.4) is 0 Å². The number of quaternary nitrogens is 1. The Morgan fingerprint density at radius 3 is 2.44 bits per heavy atom. The van der Waals surface area contributed by atoms with Gasteiger partial charge in [-0.3, -0.25) is 9.59 Å². The van der Waals surface area contributed by atoms with Gasteiger partial charge in [-0.25, -0.2) is 8.42 Å². The van der Waals surface area contributed by atoms with Crippen molar-refractivity contribution in [1.82, 2.24) is 15.6 Å². The molecule has 0 radical (unpaired) electrons. The molecule has 0 saturated carbocycles. The number of nitrogens with one attached hydrogen (secondary N) is 4. The second-order valence-corrected chi connectivity index (χ2v) is 12.1. The van der Waals surface area contributed by atoms with Gasteiger partial charge in [-0.2, -0.15) is 0 Å². The van der Waals surface area contributed by atoms with Gasteiger partial charge in [0.25, 0.3) is 11.8 Å². The van der Waals surface area contributed by atoms with E-state index in [4.69, 9.17) is 0 Å². The number of H-pyrrole nitrogens is 1. The lowest BCUT2D eigenvalue weighted by atomic mass is 10.0. The highest BCUT2D eigenvalue weighted by atomic mass is 32.2. The molecule has 0 bridgehead atoms. The molecular weight excluding hydrogens is 512 g/mol. The normalized spacial score (nSPS) is 14.7. The third kappa shape index (κ3) is 10.1. The van der Waals surface area contributed by atoms with Crippen molar-refractivity contribution in [2.75, 3.05) is 37.7 Å². The third-order valence-electron chi connectivity index (χ3n) is 6.91. The summed E-state index contributed by atoms with van der Waals surface area (Å²) in [7, 11) is -3.37. The zero-order valence-electron chi connectivity index (χ0n) is 24.2. The molecule has 0 spiro atoms.